The minimum absolute atomic E-state index is 0.142. The first-order chi connectivity index (χ1) is 7.52. The summed E-state index contributed by atoms with van der Waals surface area (Å²) in [5.74, 6) is 1.70. The molecule has 2 nitrogen and oxygen atoms in total. The normalized spacial score (nSPS) is 32.1. The van der Waals surface area contributed by atoms with Gasteiger partial charge in [0.25, 0.3) is 0 Å². The van der Waals surface area contributed by atoms with Crippen LogP contribution in [0.4, 0.5) is 0 Å². The second-order valence-corrected chi connectivity index (χ2v) is 7.08. The summed E-state index contributed by atoms with van der Waals surface area (Å²) in [6.45, 7) is 5.10. The standard InChI is InChI=1S/C13H21NOS/c1-13(2,16-3)8-14-12(15)11-7-9-4-5-10(11)6-9/h4-5,9-11H,6-8H2,1-3H3,(H,14,15)/t9-,10-,11-/m0/s1. The highest BCUT2D eigenvalue weighted by Gasteiger charge is 2.39. The van der Waals surface area contributed by atoms with Crippen molar-refractivity contribution in [2.45, 2.75) is 31.4 Å². The average molecular weight is 239 g/mol. The van der Waals surface area contributed by atoms with Crippen LogP contribution < -0.4 is 5.32 Å². The fourth-order valence-electron chi connectivity index (χ4n) is 2.59. The number of thioether (sulfide) groups is 1. The van der Waals surface area contributed by atoms with Crippen LogP contribution in [0.1, 0.15) is 26.7 Å². The highest BCUT2D eigenvalue weighted by atomic mass is 32.2. The van der Waals surface area contributed by atoms with Gasteiger partial charge in [-0.1, -0.05) is 12.2 Å². The van der Waals surface area contributed by atoms with Gasteiger partial charge >= 0.3 is 0 Å². The van der Waals surface area contributed by atoms with Crippen molar-refractivity contribution in [2.24, 2.45) is 17.8 Å². The average Bonchev–Trinajstić information content (AvgIpc) is 2.87. The summed E-state index contributed by atoms with van der Waals surface area (Å²) >= 11 is 1.80. The van der Waals surface area contributed by atoms with E-state index in [0.717, 1.165) is 13.0 Å². The predicted molar refractivity (Wildman–Crippen MR) is 69.4 cm³/mol. The Hall–Kier alpha value is -0.440. The molecule has 0 aliphatic heterocycles. The molecule has 0 aromatic heterocycles. The van der Waals surface area contributed by atoms with Crippen LogP contribution in [0.15, 0.2) is 12.2 Å². The largest absolute Gasteiger partial charge is 0.354 e. The van der Waals surface area contributed by atoms with Gasteiger partial charge < -0.3 is 5.32 Å². The number of fused-ring (bicyclic) bond motifs is 2. The van der Waals surface area contributed by atoms with Crippen molar-refractivity contribution in [1.82, 2.24) is 5.32 Å². The van der Waals surface area contributed by atoms with Gasteiger partial charge in [0.15, 0.2) is 0 Å². The van der Waals surface area contributed by atoms with Crippen LogP contribution in [0.25, 0.3) is 0 Å². The minimum atomic E-state index is 0.142. The molecule has 90 valence electrons. The zero-order valence-electron chi connectivity index (χ0n) is 10.3. The molecule has 1 N–H and O–H groups in total. The molecule has 2 aliphatic carbocycles. The van der Waals surface area contributed by atoms with Crippen molar-refractivity contribution in [3.05, 3.63) is 12.2 Å². The molecule has 2 aliphatic rings. The summed E-state index contributed by atoms with van der Waals surface area (Å²) in [6, 6.07) is 0. The first-order valence-electron chi connectivity index (χ1n) is 6.03. The Morgan fingerprint density at radius 1 is 1.44 bits per heavy atom. The third kappa shape index (κ3) is 2.45. The van der Waals surface area contributed by atoms with Gasteiger partial charge in [0.05, 0.1) is 0 Å². The van der Waals surface area contributed by atoms with E-state index in [-0.39, 0.29) is 16.6 Å². The van der Waals surface area contributed by atoms with Gasteiger partial charge in [-0.15, -0.1) is 0 Å². The fourth-order valence-corrected chi connectivity index (χ4v) is 2.80. The van der Waals surface area contributed by atoms with Crippen molar-refractivity contribution in [2.75, 3.05) is 12.8 Å². The van der Waals surface area contributed by atoms with Gasteiger partial charge in [-0.2, -0.15) is 11.8 Å². The van der Waals surface area contributed by atoms with Crippen LogP contribution in [0.5, 0.6) is 0 Å². The molecule has 0 saturated heterocycles. The quantitative estimate of drug-likeness (QED) is 0.764. The molecule has 3 atom stereocenters. The van der Waals surface area contributed by atoms with Gasteiger partial charge in [-0.3, -0.25) is 4.79 Å². The van der Waals surface area contributed by atoms with Gasteiger partial charge in [0, 0.05) is 17.2 Å². The van der Waals surface area contributed by atoms with E-state index in [4.69, 9.17) is 0 Å². The van der Waals surface area contributed by atoms with Crippen LogP contribution in [0, 0.1) is 17.8 Å². The van der Waals surface area contributed by atoms with E-state index >= 15 is 0 Å². The number of rotatable bonds is 4. The van der Waals surface area contributed by atoms with Crippen molar-refractivity contribution in [3.63, 3.8) is 0 Å². The molecule has 2 bridgehead atoms. The number of carbonyl (C=O) groups excluding carboxylic acids is 1. The van der Waals surface area contributed by atoms with E-state index in [1.54, 1.807) is 11.8 Å². The van der Waals surface area contributed by atoms with Gasteiger partial charge in [0.2, 0.25) is 5.91 Å². The fraction of sp³-hybridized carbons (Fsp3) is 0.769. The molecule has 0 radical (unpaired) electrons. The number of carbonyl (C=O) groups is 1. The van der Waals surface area contributed by atoms with Crippen molar-refractivity contribution in [3.8, 4) is 0 Å². The Labute approximate surface area is 102 Å². The maximum Gasteiger partial charge on any atom is 0.223 e. The maximum absolute atomic E-state index is 12.0. The first-order valence-corrected chi connectivity index (χ1v) is 7.25. The summed E-state index contributed by atoms with van der Waals surface area (Å²) in [6.07, 6.45) is 8.86. The number of hydrogen-bond donors (Lipinski definition) is 1. The summed E-state index contributed by atoms with van der Waals surface area (Å²) in [4.78, 5) is 12.0. The third-order valence-electron chi connectivity index (χ3n) is 3.86. The zero-order valence-corrected chi connectivity index (χ0v) is 11.1. The Morgan fingerprint density at radius 3 is 2.69 bits per heavy atom. The Bertz CT molecular complexity index is 311. The van der Waals surface area contributed by atoms with E-state index < -0.39 is 0 Å². The predicted octanol–water partition coefficient (Wildman–Crippen LogP) is 2.46. The van der Waals surface area contributed by atoms with Crippen molar-refractivity contribution in [1.29, 1.82) is 0 Å². The lowest BCUT2D eigenvalue weighted by molar-refractivity contribution is -0.125. The van der Waals surface area contributed by atoms with E-state index in [0.29, 0.717) is 11.8 Å². The second-order valence-electron chi connectivity index (χ2n) is 5.57. The van der Waals surface area contributed by atoms with Gasteiger partial charge in [-0.25, -0.2) is 0 Å². The molecule has 1 saturated carbocycles. The monoisotopic (exact) mass is 239 g/mol. The second kappa shape index (κ2) is 4.44. The van der Waals surface area contributed by atoms with E-state index in [9.17, 15) is 4.79 Å². The Kier molecular flexibility index (Phi) is 3.34. The van der Waals surface area contributed by atoms with Crippen LogP contribution in [0.3, 0.4) is 0 Å². The van der Waals surface area contributed by atoms with E-state index in [1.807, 2.05) is 0 Å². The number of nitrogens with one attached hydrogen (secondary N) is 1. The molecule has 0 spiro atoms. The zero-order chi connectivity index (χ0) is 11.8. The van der Waals surface area contributed by atoms with Gasteiger partial charge in [-0.05, 0) is 44.8 Å². The Balaban J connectivity index is 1.83. The third-order valence-corrected chi connectivity index (χ3v) is 5.11. The van der Waals surface area contributed by atoms with Gasteiger partial charge in [0.1, 0.15) is 0 Å². The lowest BCUT2D eigenvalue weighted by atomic mass is 9.93. The smallest absolute Gasteiger partial charge is 0.223 e. The molecule has 2 rings (SSSR count). The summed E-state index contributed by atoms with van der Waals surface area (Å²) in [5.41, 5.74) is 0. The van der Waals surface area contributed by atoms with Crippen molar-refractivity contribution >= 4 is 17.7 Å². The molecule has 1 amide bonds. The summed E-state index contributed by atoms with van der Waals surface area (Å²) < 4.78 is 0.142. The number of amides is 1. The van der Waals surface area contributed by atoms with Crippen LogP contribution in [-0.4, -0.2) is 23.5 Å². The van der Waals surface area contributed by atoms with Crippen LogP contribution in [0.2, 0.25) is 0 Å². The summed E-state index contributed by atoms with van der Waals surface area (Å²) in [7, 11) is 0. The van der Waals surface area contributed by atoms with Crippen LogP contribution >= 0.6 is 11.8 Å². The SMILES string of the molecule is CSC(C)(C)CNC(=O)[C@H]1C[C@H]2C=C[C@H]1C2. The van der Waals surface area contributed by atoms with Crippen molar-refractivity contribution < 1.29 is 4.79 Å². The molecule has 16 heavy (non-hydrogen) atoms. The molecule has 0 unspecified atom stereocenters. The lowest BCUT2D eigenvalue weighted by Gasteiger charge is -2.24. The number of hydrogen-bond acceptors (Lipinski definition) is 2. The molecule has 0 aromatic carbocycles. The Morgan fingerprint density at radius 2 is 2.19 bits per heavy atom. The molecule has 3 heteroatoms. The van der Waals surface area contributed by atoms with E-state index in [1.165, 1.54) is 6.42 Å². The molecule has 0 aromatic rings. The lowest BCUT2D eigenvalue weighted by Crippen LogP contribution is -2.40. The summed E-state index contributed by atoms with van der Waals surface area (Å²) in [5, 5.41) is 3.11. The highest BCUT2D eigenvalue weighted by Crippen LogP contribution is 2.43. The first kappa shape index (κ1) is 12.0. The van der Waals surface area contributed by atoms with Crippen LogP contribution in [-0.2, 0) is 4.79 Å². The maximum atomic E-state index is 12.0. The van der Waals surface area contributed by atoms with E-state index in [2.05, 4.69) is 37.6 Å². The highest BCUT2D eigenvalue weighted by molar-refractivity contribution is 7.99. The molecule has 0 heterocycles. The topological polar surface area (TPSA) is 29.1 Å². The molecular formula is C13H21NOS. The molecular weight excluding hydrogens is 218 g/mol. The number of allylic oxidation sites excluding steroid dienone is 2. The molecule has 1 fully saturated rings. The minimum Gasteiger partial charge on any atom is -0.354 e.